The summed E-state index contributed by atoms with van der Waals surface area (Å²) in [5.74, 6) is -0.664. The van der Waals surface area contributed by atoms with Crippen LogP contribution in [0.15, 0.2) is 24.3 Å². The van der Waals surface area contributed by atoms with E-state index >= 15 is 0 Å². The summed E-state index contributed by atoms with van der Waals surface area (Å²) in [6, 6.07) is 0. The molecule has 0 saturated carbocycles. The molecule has 8 heavy (non-hydrogen) atoms. The van der Waals surface area contributed by atoms with Gasteiger partial charge in [0.2, 0.25) is 0 Å². The molecule has 0 aliphatic rings. The Hall–Kier alpha value is -1.05. The van der Waals surface area contributed by atoms with Gasteiger partial charge >= 0.3 is 0 Å². The molecule has 0 fully saturated rings. The Morgan fingerprint density at radius 2 is 2.12 bits per heavy atom. The third-order valence-electron chi connectivity index (χ3n) is 0.551. The number of nitrogens with one attached hydrogen (secondary N) is 1. The zero-order valence-corrected chi connectivity index (χ0v) is 4.72. The van der Waals surface area contributed by atoms with Crippen LogP contribution in [-0.4, -0.2) is 5.91 Å². The van der Waals surface area contributed by atoms with Gasteiger partial charge in [0, 0.05) is 6.08 Å². The van der Waals surface area contributed by atoms with E-state index < -0.39 is 5.91 Å². The van der Waals surface area contributed by atoms with Crippen molar-refractivity contribution < 1.29 is 4.79 Å². The van der Waals surface area contributed by atoms with Gasteiger partial charge in [-0.3, -0.25) is 10.5 Å². The number of rotatable bonds is 2. The second-order valence-electron chi connectivity index (χ2n) is 1.25. The van der Waals surface area contributed by atoms with Crippen LogP contribution in [0.1, 0.15) is 6.92 Å². The van der Waals surface area contributed by atoms with Gasteiger partial charge in [-0.2, -0.15) is 0 Å². The SMILES string of the molecule is CC=CC=CC([NH])=O. The fourth-order valence-corrected chi connectivity index (χ4v) is 0.254. The molecule has 0 spiro atoms. The second-order valence-corrected chi connectivity index (χ2v) is 1.25. The Bertz CT molecular complexity index is 124. The molecule has 1 N–H and O–H groups in total. The molecule has 0 aliphatic heterocycles. The molecule has 0 aromatic heterocycles. The van der Waals surface area contributed by atoms with Crippen LogP contribution in [0.2, 0.25) is 0 Å². The first-order valence-corrected chi connectivity index (χ1v) is 2.32. The molecule has 0 aromatic carbocycles. The van der Waals surface area contributed by atoms with Crippen molar-refractivity contribution in [3.05, 3.63) is 24.3 Å². The average molecular weight is 110 g/mol. The Labute approximate surface area is 48.7 Å². The lowest BCUT2D eigenvalue weighted by atomic mass is 10.4. The number of hydrogen-bond donors (Lipinski definition) is 0. The first-order valence-electron chi connectivity index (χ1n) is 2.32. The maximum atomic E-state index is 9.86. The molecular weight excluding hydrogens is 102 g/mol. The highest BCUT2D eigenvalue weighted by atomic mass is 16.1. The highest BCUT2D eigenvalue weighted by Gasteiger charge is 1.77. The van der Waals surface area contributed by atoms with Crippen molar-refractivity contribution in [3.8, 4) is 0 Å². The lowest BCUT2D eigenvalue weighted by Crippen LogP contribution is -1.88. The maximum absolute atomic E-state index is 9.86. The summed E-state index contributed by atoms with van der Waals surface area (Å²) in [7, 11) is 0. The van der Waals surface area contributed by atoms with Crippen LogP contribution in [0.5, 0.6) is 0 Å². The minimum absolute atomic E-state index is 0.664. The Kier molecular flexibility index (Phi) is 3.58. The van der Waals surface area contributed by atoms with Crippen LogP contribution < -0.4 is 5.73 Å². The lowest BCUT2D eigenvalue weighted by Gasteiger charge is -1.71. The van der Waals surface area contributed by atoms with E-state index in [0.717, 1.165) is 0 Å². The third-order valence-corrected chi connectivity index (χ3v) is 0.551. The van der Waals surface area contributed by atoms with Crippen LogP contribution >= 0.6 is 0 Å². The zero-order valence-electron chi connectivity index (χ0n) is 4.72. The van der Waals surface area contributed by atoms with Gasteiger partial charge in [0.05, 0.1) is 0 Å². The van der Waals surface area contributed by atoms with E-state index in [2.05, 4.69) is 0 Å². The van der Waals surface area contributed by atoms with E-state index in [9.17, 15) is 4.79 Å². The predicted molar refractivity (Wildman–Crippen MR) is 32.1 cm³/mol. The molecule has 43 valence electrons. The molecule has 0 unspecified atom stereocenters. The van der Waals surface area contributed by atoms with Gasteiger partial charge in [-0.25, -0.2) is 0 Å². The van der Waals surface area contributed by atoms with Crippen LogP contribution in [0, 0.1) is 0 Å². The van der Waals surface area contributed by atoms with Crippen molar-refractivity contribution in [2.45, 2.75) is 6.92 Å². The second kappa shape index (κ2) is 4.12. The molecule has 0 aliphatic carbocycles. The molecule has 2 heteroatoms. The highest BCUT2D eigenvalue weighted by molar-refractivity contribution is 5.85. The van der Waals surface area contributed by atoms with Gasteiger partial charge in [-0.15, -0.1) is 0 Å². The molecule has 1 amide bonds. The smallest absolute Gasteiger partial charge is 0.262 e. The minimum atomic E-state index is -0.664. The largest absolute Gasteiger partial charge is 0.268 e. The Morgan fingerprint density at radius 1 is 1.50 bits per heavy atom. The van der Waals surface area contributed by atoms with Crippen LogP contribution in [0.3, 0.4) is 0 Å². The molecule has 0 aromatic rings. The summed E-state index contributed by atoms with van der Waals surface area (Å²) in [5.41, 5.74) is 6.40. The van der Waals surface area contributed by atoms with Crippen LogP contribution in [0.25, 0.3) is 0 Å². The van der Waals surface area contributed by atoms with E-state index in [0.29, 0.717) is 0 Å². The Morgan fingerprint density at radius 3 is 2.50 bits per heavy atom. The van der Waals surface area contributed by atoms with E-state index in [1.807, 2.05) is 6.92 Å². The fraction of sp³-hybridized carbons (Fsp3) is 0.167. The van der Waals surface area contributed by atoms with Crippen molar-refractivity contribution in [2.24, 2.45) is 0 Å². The van der Waals surface area contributed by atoms with E-state index in [1.165, 1.54) is 12.2 Å². The molecule has 2 nitrogen and oxygen atoms in total. The summed E-state index contributed by atoms with van der Waals surface area (Å²) in [5, 5.41) is 0. The summed E-state index contributed by atoms with van der Waals surface area (Å²) < 4.78 is 0. The quantitative estimate of drug-likeness (QED) is 0.385. The van der Waals surface area contributed by atoms with Gasteiger partial charge < -0.3 is 0 Å². The van der Waals surface area contributed by atoms with Gasteiger partial charge in [0.25, 0.3) is 5.91 Å². The molecule has 0 atom stereocenters. The van der Waals surface area contributed by atoms with Crippen LogP contribution in [0.4, 0.5) is 0 Å². The molecule has 1 radical (unpaired) electrons. The minimum Gasteiger partial charge on any atom is -0.268 e. The van der Waals surface area contributed by atoms with Gasteiger partial charge in [-0.05, 0) is 6.92 Å². The third kappa shape index (κ3) is 4.95. The van der Waals surface area contributed by atoms with E-state index in [4.69, 9.17) is 5.73 Å². The van der Waals surface area contributed by atoms with Crippen molar-refractivity contribution in [1.82, 2.24) is 5.73 Å². The number of amides is 1. The number of carbonyl (C=O) groups excluding carboxylic acids is 1. The molecule has 0 saturated heterocycles. The van der Waals surface area contributed by atoms with Gasteiger partial charge in [0.15, 0.2) is 0 Å². The van der Waals surface area contributed by atoms with Gasteiger partial charge in [-0.1, -0.05) is 18.2 Å². The standard InChI is InChI=1S/C6H8NO/c1-2-3-4-5-6(7)8/h2-5,7H,1H3. The van der Waals surface area contributed by atoms with Crippen molar-refractivity contribution in [3.63, 3.8) is 0 Å². The molecular formula is C6H8NO. The normalized spacial score (nSPS) is 11.1. The topological polar surface area (TPSA) is 40.9 Å². The number of hydrogen-bond acceptors (Lipinski definition) is 1. The molecule has 0 bridgehead atoms. The number of carbonyl (C=O) groups is 1. The molecule has 0 rings (SSSR count). The summed E-state index contributed by atoms with van der Waals surface area (Å²) in [4.78, 5) is 9.86. The first-order chi connectivity index (χ1) is 3.77. The number of allylic oxidation sites excluding steroid dienone is 3. The summed E-state index contributed by atoms with van der Waals surface area (Å²) in [6.45, 7) is 1.85. The van der Waals surface area contributed by atoms with Crippen molar-refractivity contribution >= 4 is 5.91 Å². The lowest BCUT2D eigenvalue weighted by molar-refractivity contribution is -0.114. The van der Waals surface area contributed by atoms with Crippen molar-refractivity contribution in [1.29, 1.82) is 0 Å². The summed E-state index contributed by atoms with van der Waals surface area (Å²) >= 11 is 0. The monoisotopic (exact) mass is 110 g/mol. The fourth-order valence-electron chi connectivity index (χ4n) is 0.254. The zero-order chi connectivity index (χ0) is 6.41. The molecule has 0 heterocycles. The summed E-state index contributed by atoms with van der Waals surface area (Å²) in [6.07, 6.45) is 6.22. The first kappa shape index (κ1) is 6.95. The van der Waals surface area contributed by atoms with Crippen molar-refractivity contribution in [2.75, 3.05) is 0 Å². The van der Waals surface area contributed by atoms with Crippen LogP contribution in [-0.2, 0) is 4.79 Å². The predicted octanol–water partition coefficient (Wildman–Crippen LogP) is 0.928. The average Bonchev–Trinajstić information content (AvgIpc) is 1.66. The van der Waals surface area contributed by atoms with E-state index in [-0.39, 0.29) is 0 Å². The Balaban J connectivity index is 3.50. The van der Waals surface area contributed by atoms with Gasteiger partial charge in [0.1, 0.15) is 0 Å². The van der Waals surface area contributed by atoms with E-state index in [1.54, 1.807) is 12.2 Å². The highest BCUT2D eigenvalue weighted by Crippen LogP contribution is 1.74. The maximum Gasteiger partial charge on any atom is 0.262 e.